The van der Waals surface area contributed by atoms with E-state index in [-0.39, 0.29) is 0 Å². The van der Waals surface area contributed by atoms with Crippen molar-refractivity contribution >= 4 is 38.9 Å². The standard InChI is InChI=1S/C74H54N2/c1-5-17-53(18-6-1)49-63-25-13-14-26-69(63)70-47-46-68(51-64(70)50-54-19-7-2-8-20-54)75(65-40-33-58(34-41-65)55-21-9-3-10-22-55)66-42-35-60(36-43-66)57-29-31-61(32-30-57)62-39-48-74-72(52-62)71-27-15-16-28-73(71)76(74)67-44-37-59(38-45-67)56-23-11-4-12-24-56/h1-48,51-52H,49-50H2. The van der Waals surface area contributed by atoms with Crippen LogP contribution in [0.1, 0.15) is 22.3 Å². The molecule has 0 amide bonds. The van der Waals surface area contributed by atoms with Crippen molar-refractivity contribution in [2.75, 3.05) is 4.90 Å². The highest BCUT2D eigenvalue weighted by Crippen LogP contribution is 2.41. The molecular formula is C74H54N2. The summed E-state index contributed by atoms with van der Waals surface area (Å²) in [7, 11) is 0. The average Bonchev–Trinajstić information content (AvgIpc) is 3.91. The average molecular weight is 971 g/mol. The molecule has 0 unspecified atom stereocenters. The summed E-state index contributed by atoms with van der Waals surface area (Å²) in [6.07, 6.45) is 1.67. The van der Waals surface area contributed by atoms with Crippen LogP contribution in [0.4, 0.5) is 17.1 Å². The zero-order valence-corrected chi connectivity index (χ0v) is 42.2. The van der Waals surface area contributed by atoms with Crippen molar-refractivity contribution in [3.8, 4) is 61.3 Å². The number of anilines is 3. The molecule has 1 heterocycles. The molecule has 360 valence electrons. The van der Waals surface area contributed by atoms with Gasteiger partial charge in [0.1, 0.15) is 0 Å². The molecule has 0 bridgehead atoms. The lowest BCUT2D eigenvalue weighted by Gasteiger charge is -2.27. The number of para-hydroxylation sites is 1. The lowest BCUT2D eigenvalue weighted by atomic mass is 9.89. The van der Waals surface area contributed by atoms with E-state index in [0.29, 0.717) is 0 Å². The maximum atomic E-state index is 2.41. The summed E-state index contributed by atoms with van der Waals surface area (Å²) in [5.41, 5.74) is 24.1. The van der Waals surface area contributed by atoms with Crippen LogP contribution in [0.15, 0.2) is 303 Å². The van der Waals surface area contributed by atoms with Crippen molar-refractivity contribution in [3.63, 3.8) is 0 Å². The van der Waals surface area contributed by atoms with Crippen LogP contribution in [0, 0.1) is 0 Å². The normalized spacial score (nSPS) is 11.3. The van der Waals surface area contributed by atoms with E-state index >= 15 is 0 Å². The molecule has 0 spiro atoms. The van der Waals surface area contributed by atoms with Gasteiger partial charge in [0, 0.05) is 33.5 Å². The van der Waals surface area contributed by atoms with Crippen molar-refractivity contribution in [2.45, 2.75) is 12.8 Å². The van der Waals surface area contributed by atoms with Gasteiger partial charge in [0.05, 0.1) is 11.0 Å². The monoisotopic (exact) mass is 970 g/mol. The largest absolute Gasteiger partial charge is 0.310 e. The molecule has 0 N–H and O–H groups in total. The van der Waals surface area contributed by atoms with Gasteiger partial charge in [-0.2, -0.15) is 0 Å². The third-order valence-electron chi connectivity index (χ3n) is 14.9. The molecule has 0 aliphatic carbocycles. The van der Waals surface area contributed by atoms with Gasteiger partial charge in [-0.25, -0.2) is 0 Å². The van der Waals surface area contributed by atoms with Gasteiger partial charge in [0.15, 0.2) is 0 Å². The fraction of sp³-hybridized carbons (Fsp3) is 0.0270. The molecule has 1 aromatic heterocycles. The van der Waals surface area contributed by atoms with Crippen LogP contribution < -0.4 is 4.90 Å². The number of nitrogens with zero attached hydrogens (tertiary/aromatic N) is 2. The number of hydrogen-bond acceptors (Lipinski definition) is 1. The SMILES string of the molecule is c1ccc(Cc2ccccc2-c2ccc(N(c3ccc(-c4ccccc4)cc3)c3ccc(-c4ccc(-c5ccc6c(c5)c5ccccc5n6-c5ccc(-c6ccccc6)cc5)cc4)cc3)cc2Cc2ccccc2)cc1. The summed E-state index contributed by atoms with van der Waals surface area (Å²) in [6, 6.07) is 111. The Balaban J connectivity index is 0.835. The predicted molar refractivity (Wildman–Crippen MR) is 321 cm³/mol. The number of benzene rings is 12. The molecule has 13 rings (SSSR count). The molecule has 13 aromatic rings. The molecule has 0 saturated carbocycles. The Morgan fingerprint density at radius 1 is 0.250 bits per heavy atom. The highest BCUT2D eigenvalue weighted by molar-refractivity contribution is 6.10. The van der Waals surface area contributed by atoms with E-state index < -0.39 is 0 Å². The Bertz CT molecular complexity index is 4090. The molecular weight excluding hydrogens is 917 g/mol. The van der Waals surface area contributed by atoms with Crippen molar-refractivity contribution in [1.29, 1.82) is 0 Å². The Morgan fingerprint density at radius 2 is 0.645 bits per heavy atom. The fourth-order valence-electron chi connectivity index (χ4n) is 11.1. The molecule has 0 radical (unpaired) electrons. The highest BCUT2D eigenvalue weighted by Gasteiger charge is 2.19. The molecule has 0 atom stereocenters. The van der Waals surface area contributed by atoms with Gasteiger partial charge in [-0.1, -0.05) is 237 Å². The van der Waals surface area contributed by atoms with Gasteiger partial charge < -0.3 is 9.47 Å². The number of hydrogen-bond donors (Lipinski definition) is 0. The minimum Gasteiger partial charge on any atom is -0.310 e. The molecule has 12 aromatic carbocycles. The van der Waals surface area contributed by atoms with E-state index in [9.17, 15) is 0 Å². The van der Waals surface area contributed by atoms with E-state index in [0.717, 1.165) is 35.6 Å². The van der Waals surface area contributed by atoms with Gasteiger partial charge in [0.25, 0.3) is 0 Å². The molecule has 2 nitrogen and oxygen atoms in total. The summed E-state index contributed by atoms with van der Waals surface area (Å²) >= 11 is 0. The summed E-state index contributed by atoms with van der Waals surface area (Å²) in [5.74, 6) is 0. The predicted octanol–water partition coefficient (Wildman–Crippen LogP) is 19.8. The first-order chi connectivity index (χ1) is 37.7. The summed E-state index contributed by atoms with van der Waals surface area (Å²) in [4.78, 5) is 2.41. The first-order valence-electron chi connectivity index (χ1n) is 26.3. The van der Waals surface area contributed by atoms with Crippen molar-refractivity contribution in [3.05, 3.63) is 326 Å². The van der Waals surface area contributed by atoms with Crippen molar-refractivity contribution in [1.82, 2.24) is 4.57 Å². The van der Waals surface area contributed by atoms with E-state index in [2.05, 4.69) is 313 Å². The number of aromatic nitrogens is 1. The smallest absolute Gasteiger partial charge is 0.0541 e. The minimum atomic E-state index is 0.806. The van der Waals surface area contributed by atoms with Gasteiger partial charge in [-0.3, -0.25) is 0 Å². The van der Waals surface area contributed by atoms with Crippen LogP contribution in [0.25, 0.3) is 83.1 Å². The Morgan fingerprint density at radius 3 is 1.22 bits per heavy atom. The quantitative estimate of drug-likeness (QED) is 0.112. The Hall–Kier alpha value is -9.76. The van der Waals surface area contributed by atoms with Crippen LogP contribution in [-0.2, 0) is 12.8 Å². The number of fused-ring (bicyclic) bond motifs is 3. The van der Waals surface area contributed by atoms with Gasteiger partial charge in [-0.05, 0) is 157 Å². The molecule has 0 saturated heterocycles. The second-order valence-corrected chi connectivity index (χ2v) is 19.7. The number of rotatable bonds is 13. The fourth-order valence-corrected chi connectivity index (χ4v) is 11.1. The Labute approximate surface area is 445 Å². The van der Waals surface area contributed by atoms with Gasteiger partial charge >= 0.3 is 0 Å². The molecule has 0 aliphatic rings. The lowest BCUT2D eigenvalue weighted by Crippen LogP contribution is -2.11. The zero-order chi connectivity index (χ0) is 50.6. The highest BCUT2D eigenvalue weighted by atomic mass is 15.1. The van der Waals surface area contributed by atoms with E-state index in [1.807, 2.05) is 0 Å². The maximum absolute atomic E-state index is 2.41. The third kappa shape index (κ3) is 9.30. The van der Waals surface area contributed by atoms with Crippen LogP contribution in [0.3, 0.4) is 0 Å². The van der Waals surface area contributed by atoms with Gasteiger partial charge in [0.2, 0.25) is 0 Å². The zero-order valence-electron chi connectivity index (χ0n) is 42.2. The maximum Gasteiger partial charge on any atom is 0.0541 e. The molecule has 2 heteroatoms. The topological polar surface area (TPSA) is 8.17 Å². The van der Waals surface area contributed by atoms with Crippen molar-refractivity contribution < 1.29 is 0 Å². The second kappa shape index (κ2) is 20.6. The minimum absolute atomic E-state index is 0.806. The molecule has 76 heavy (non-hydrogen) atoms. The lowest BCUT2D eigenvalue weighted by molar-refractivity contribution is 1.16. The van der Waals surface area contributed by atoms with E-state index in [1.165, 1.54) is 99.7 Å². The third-order valence-corrected chi connectivity index (χ3v) is 14.9. The van der Waals surface area contributed by atoms with Gasteiger partial charge in [-0.15, -0.1) is 0 Å². The molecule has 0 aliphatic heterocycles. The van der Waals surface area contributed by atoms with Crippen LogP contribution in [0.2, 0.25) is 0 Å². The van der Waals surface area contributed by atoms with Crippen LogP contribution in [-0.4, -0.2) is 4.57 Å². The van der Waals surface area contributed by atoms with Crippen molar-refractivity contribution in [2.24, 2.45) is 0 Å². The van der Waals surface area contributed by atoms with Crippen LogP contribution in [0.5, 0.6) is 0 Å². The van der Waals surface area contributed by atoms with Crippen LogP contribution >= 0.6 is 0 Å². The second-order valence-electron chi connectivity index (χ2n) is 19.7. The van der Waals surface area contributed by atoms with E-state index in [4.69, 9.17) is 0 Å². The summed E-state index contributed by atoms with van der Waals surface area (Å²) in [6.45, 7) is 0. The van der Waals surface area contributed by atoms with E-state index in [1.54, 1.807) is 0 Å². The summed E-state index contributed by atoms with van der Waals surface area (Å²) < 4.78 is 2.39. The molecule has 0 fully saturated rings. The first-order valence-corrected chi connectivity index (χ1v) is 26.3. The first kappa shape index (κ1) is 46.1. The summed E-state index contributed by atoms with van der Waals surface area (Å²) in [5, 5.41) is 2.49. The Kier molecular flexibility index (Phi) is 12.5.